The van der Waals surface area contributed by atoms with Crippen molar-refractivity contribution >= 4 is 11.9 Å². The van der Waals surface area contributed by atoms with Crippen LogP contribution in [0.2, 0.25) is 0 Å². The molecule has 1 aliphatic carbocycles. The fourth-order valence-electron chi connectivity index (χ4n) is 3.48. The van der Waals surface area contributed by atoms with Crippen molar-refractivity contribution in [3.63, 3.8) is 0 Å². The van der Waals surface area contributed by atoms with Crippen LogP contribution in [-0.4, -0.2) is 17.4 Å². The molecular weight excluding hydrogens is 298 g/mol. The quantitative estimate of drug-likeness (QED) is 0.629. The number of carbonyl (C=O) groups excluding carboxylic acids is 1. The minimum Gasteiger partial charge on any atom is -0.405 e. The lowest BCUT2D eigenvalue weighted by Crippen LogP contribution is -2.38. The molecule has 0 saturated carbocycles. The molecule has 1 atom stereocenters. The summed E-state index contributed by atoms with van der Waals surface area (Å²) in [5, 5.41) is 0. The van der Waals surface area contributed by atoms with Gasteiger partial charge in [-0.15, -0.1) is 0 Å². The summed E-state index contributed by atoms with van der Waals surface area (Å²) < 4.78 is 5.62. The average molecular weight is 317 g/mol. The van der Waals surface area contributed by atoms with Crippen LogP contribution in [-0.2, 0) is 16.0 Å². The molecule has 0 radical (unpaired) electrons. The molecule has 3 nitrogen and oxygen atoms in total. The Kier molecular flexibility index (Phi) is 3.77. The zero-order chi connectivity index (χ0) is 16.4. The summed E-state index contributed by atoms with van der Waals surface area (Å²) in [5.74, 6) is 0.183. The fourth-order valence-corrected chi connectivity index (χ4v) is 3.48. The zero-order valence-electron chi connectivity index (χ0n) is 13.4. The predicted octanol–water partition coefficient (Wildman–Crippen LogP) is 4.08. The standard InChI is InChI=1S/C21H19NO2/c23-20-21(18-13-7-8-14-18,15-16-9-3-1-4-10-16)22-19(24-20)17-11-5-2-6-12-17/h1-6,9-13H,7-8,14-15H2. The molecule has 0 saturated heterocycles. The number of hydrogen-bond acceptors (Lipinski definition) is 3. The zero-order valence-corrected chi connectivity index (χ0v) is 13.4. The molecule has 0 N–H and O–H groups in total. The molecule has 4 rings (SSSR count). The second kappa shape index (κ2) is 6.08. The summed E-state index contributed by atoms with van der Waals surface area (Å²) in [4.78, 5) is 17.7. The first kappa shape index (κ1) is 14.9. The summed E-state index contributed by atoms with van der Waals surface area (Å²) in [6.07, 6.45) is 5.72. The van der Waals surface area contributed by atoms with E-state index < -0.39 is 5.54 Å². The maximum absolute atomic E-state index is 12.9. The molecule has 2 aromatic rings. The highest BCUT2D eigenvalue weighted by molar-refractivity contribution is 6.09. The molecule has 0 fully saturated rings. The molecule has 24 heavy (non-hydrogen) atoms. The van der Waals surface area contributed by atoms with Crippen molar-refractivity contribution in [3.05, 3.63) is 83.4 Å². The third kappa shape index (κ3) is 2.56. The number of esters is 1. The van der Waals surface area contributed by atoms with E-state index >= 15 is 0 Å². The van der Waals surface area contributed by atoms with Crippen LogP contribution >= 0.6 is 0 Å². The third-order valence-electron chi connectivity index (χ3n) is 4.72. The van der Waals surface area contributed by atoms with Gasteiger partial charge in [0, 0.05) is 12.0 Å². The van der Waals surface area contributed by atoms with Gasteiger partial charge in [-0.3, -0.25) is 0 Å². The highest BCUT2D eigenvalue weighted by Crippen LogP contribution is 2.39. The Bertz CT molecular complexity index is 808. The summed E-state index contributed by atoms with van der Waals surface area (Å²) >= 11 is 0. The molecule has 1 heterocycles. The summed E-state index contributed by atoms with van der Waals surface area (Å²) in [7, 11) is 0. The van der Waals surface area contributed by atoms with E-state index in [0.717, 1.165) is 36.0 Å². The summed E-state index contributed by atoms with van der Waals surface area (Å²) in [6.45, 7) is 0. The fraction of sp³-hybridized carbons (Fsp3) is 0.238. The van der Waals surface area contributed by atoms with Crippen LogP contribution in [0.4, 0.5) is 0 Å². The Hall–Kier alpha value is -2.68. The van der Waals surface area contributed by atoms with E-state index in [9.17, 15) is 4.79 Å². The van der Waals surface area contributed by atoms with E-state index in [-0.39, 0.29) is 5.97 Å². The van der Waals surface area contributed by atoms with Gasteiger partial charge in [-0.25, -0.2) is 9.79 Å². The van der Waals surface area contributed by atoms with E-state index in [4.69, 9.17) is 9.73 Å². The van der Waals surface area contributed by atoms with Crippen LogP contribution in [0.15, 0.2) is 77.3 Å². The van der Waals surface area contributed by atoms with Crippen molar-refractivity contribution in [3.8, 4) is 0 Å². The Morgan fingerprint density at radius 2 is 1.71 bits per heavy atom. The second-order valence-corrected chi connectivity index (χ2v) is 6.32. The van der Waals surface area contributed by atoms with Gasteiger partial charge in [0.25, 0.3) is 0 Å². The van der Waals surface area contributed by atoms with Crippen molar-refractivity contribution in [2.24, 2.45) is 4.99 Å². The van der Waals surface area contributed by atoms with E-state index in [1.807, 2.05) is 60.7 Å². The van der Waals surface area contributed by atoms with Crippen LogP contribution in [0.5, 0.6) is 0 Å². The van der Waals surface area contributed by atoms with E-state index in [1.165, 1.54) is 0 Å². The molecular formula is C21H19NO2. The van der Waals surface area contributed by atoms with Gasteiger partial charge in [0.15, 0.2) is 5.54 Å². The number of benzene rings is 2. The lowest BCUT2D eigenvalue weighted by Gasteiger charge is -2.24. The maximum atomic E-state index is 12.9. The molecule has 2 aromatic carbocycles. The van der Waals surface area contributed by atoms with Crippen molar-refractivity contribution < 1.29 is 9.53 Å². The maximum Gasteiger partial charge on any atom is 0.345 e. The number of rotatable bonds is 4. The van der Waals surface area contributed by atoms with Crippen LogP contribution in [0.3, 0.4) is 0 Å². The lowest BCUT2D eigenvalue weighted by atomic mass is 9.84. The van der Waals surface area contributed by atoms with Crippen molar-refractivity contribution in [2.75, 3.05) is 0 Å². The summed E-state index contributed by atoms with van der Waals surface area (Å²) in [5.41, 5.74) is 2.14. The number of allylic oxidation sites excluding steroid dienone is 1. The van der Waals surface area contributed by atoms with Gasteiger partial charge in [-0.05, 0) is 42.5 Å². The number of nitrogens with zero attached hydrogens (tertiary/aromatic N) is 1. The molecule has 0 bridgehead atoms. The first-order valence-electron chi connectivity index (χ1n) is 8.39. The SMILES string of the molecule is O=C1OC(c2ccccc2)=NC1(Cc1ccccc1)C1=CCCC1. The van der Waals surface area contributed by atoms with Gasteiger partial charge in [-0.1, -0.05) is 54.6 Å². The Morgan fingerprint density at radius 1 is 1.00 bits per heavy atom. The lowest BCUT2D eigenvalue weighted by molar-refractivity contribution is -0.137. The number of hydrogen-bond donors (Lipinski definition) is 0. The van der Waals surface area contributed by atoms with Crippen molar-refractivity contribution in [2.45, 2.75) is 31.2 Å². The largest absolute Gasteiger partial charge is 0.405 e. The molecule has 2 aliphatic rings. The monoisotopic (exact) mass is 317 g/mol. The molecule has 1 unspecified atom stereocenters. The Balaban J connectivity index is 1.78. The molecule has 0 amide bonds. The van der Waals surface area contributed by atoms with Crippen LogP contribution in [0.25, 0.3) is 0 Å². The van der Waals surface area contributed by atoms with Gasteiger partial charge >= 0.3 is 5.97 Å². The normalized spacial score (nSPS) is 22.9. The third-order valence-corrected chi connectivity index (χ3v) is 4.72. The highest BCUT2D eigenvalue weighted by Gasteiger charge is 2.49. The first-order chi connectivity index (χ1) is 11.8. The highest BCUT2D eigenvalue weighted by atomic mass is 16.6. The smallest absolute Gasteiger partial charge is 0.345 e. The molecule has 0 aromatic heterocycles. The van der Waals surface area contributed by atoms with Crippen LogP contribution in [0, 0.1) is 0 Å². The van der Waals surface area contributed by atoms with Gasteiger partial charge in [0.05, 0.1) is 0 Å². The van der Waals surface area contributed by atoms with Crippen LogP contribution in [0.1, 0.15) is 30.4 Å². The first-order valence-corrected chi connectivity index (χ1v) is 8.39. The van der Waals surface area contributed by atoms with Gasteiger partial charge in [-0.2, -0.15) is 0 Å². The molecule has 120 valence electrons. The van der Waals surface area contributed by atoms with E-state index in [0.29, 0.717) is 12.3 Å². The Morgan fingerprint density at radius 3 is 2.38 bits per heavy atom. The second-order valence-electron chi connectivity index (χ2n) is 6.32. The molecule has 3 heteroatoms. The van der Waals surface area contributed by atoms with E-state index in [1.54, 1.807) is 0 Å². The summed E-state index contributed by atoms with van der Waals surface area (Å²) in [6, 6.07) is 19.7. The Labute approximate surface area is 141 Å². The topological polar surface area (TPSA) is 38.7 Å². The predicted molar refractivity (Wildman–Crippen MR) is 93.9 cm³/mol. The minimum absolute atomic E-state index is 0.252. The molecule has 1 aliphatic heterocycles. The van der Waals surface area contributed by atoms with E-state index in [2.05, 4.69) is 6.08 Å². The van der Waals surface area contributed by atoms with Gasteiger partial charge in [0.1, 0.15) is 0 Å². The minimum atomic E-state index is -0.900. The number of carbonyl (C=O) groups is 1. The molecule has 0 spiro atoms. The van der Waals surface area contributed by atoms with Crippen LogP contribution < -0.4 is 0 Å². The van der Waals surface area contributed by atoms with Gasteiger partial charge < -0.3 is 4.74 Å². The number of ether oxygens (including phenoxy) is 1. The number of aliphatic imine (C=N–C) groups is 1. The van der Waals surface area contributed by atoms with Gasteiger partial charge in [0.2, 0.25) is 5.90 Å². The number of cyclic esters (lactones) is 1. The average Bonchev–Trinajstić information content (AvgIpc) is 3.26. The van der Waals surface area contributed by atoms with Crippen molar-refractivity contribution in [1.82, 2.24) is 0 Å². The van der Waals surface area contributed by atoms with Crippen molar-refractivity contribution in [1.29, 1.82) is 0 Å².